The molecule has 17 nitrogen and oxygen atoms in total. The predicted octanol–water partition coefficient (Wildman–Crippen LogP) is 23.2. The summed E-state index contributed by atoms with van der Waals surface area (Å²) in [6, 6.07) is 0. The van der Waals surface area contributed by atoms with Gasteiger partial charge < -0.3 is 33.8 Å². The Kier molecular flexibility index (Phi) is 69.7. The van der Waals surface area contributed by atoms with Gasteiger partial charge in [0.2, 0.25) is 0 Å². The van der Waals surface area contributed by atoms with E-state index in [1.165, 1.54) is 193 Å². The largest absolute Gasteiger partial charge is 0.472 e. The van der Waals surface area contributed by atoms with Crippen molar-refractivity contribution < 1.29 is 80.2 Å². The maximum absolute atomic E-state index is 13.1. The SMILES string of the molecule is CCCCCC/C=C\C=C/CCCCCCCC(=O)OC[C@H](COP(=O)(O)OC[C@@H](O)COP(=O)(O)OC[C@@H](COC(=O)CCCCCCCCCC)OC(=O)CCCCCCCCCCCCCC(C)C)OC(=O)CCCCCCCCCCCCCCCCCCCCCCC. The van der Waals surface area contributed by atoms with E-state index in [2.05, 4.69) is 58.9 Å². The van der Waals surface area contributed by atoms with Crippen LogP contribution >= 0.6 is 15.6 Å². The van der Waals surface area contributed by atoms with Gasteiger partial charge in [-0.2, -0.15) is 0 Å². The van der Waals surface area contributed by atoms with Gasteiger partial charge in [0.25, 0.3) is 0 Å². The molecule has 0 radical (unpaired) electrons. The van der Waals surface area contributed by atoms with E-state index in [-0.39, 0.29) is 25.7 Å². The predicted molar refractivity (Wildman–Crippen MR) is 400 cm³/mol. The molecule has 0 amide bonds. The summed E-state index contributed by atoms with van der Waals surface area (Å²) in [4.78, 5) is 72.8. The molecule has 98 heavy (non-hydrogen) atoms. The number of carbonyl (C=O) groups excluding carboxylic acids is 4. The maximum atomic E-state index is 13.1. The fourth-order valence-corrected chi connectivity index (χ4v) is 13.3. The van der Waals surface area contributed by atoms with Crippen molar-refractivity contribution in [3.8, 4) is 0 Å². The summed E-state index contributed by atoms with van der Waals surface area (Å²) >= 11 is 0. The van der Waals surface area contributed by atoms with E-state index in [9.17, 15) is 43.2 Å². The number of rotatable bonds is 77. The van der Waals surface area contributed by atoms with Gasteiger partial charge in [-0.3, -0.25) is 37.3 Å². The van der Waals surface area contributed by atoms with Gasteiger partial charge in [-0.05, 0) is 57.3 Å². The molecule has 578 valence electrons. The van der Waals surface area contributed by atoms with Gasteiger partial charge in [0.15, 0.2) is 12.2 Å². The first kappa shape index (κ1) is 95.5. The Labute approximate surface area is 599 Å². The molecule has 0 aromatic rings. The molecule has 0 bridgehead atoms. The minimum Gasteiger partial charge on any atom is -0.462 e. The van der Waals surface area contributed by atoms with Gasteiger partial charge in [0.1, 0.15) is 19.3 Å². The van der Waals surface area contributed by atoms with Gasteiger partial charge in [-0.15, -0.1) is 0 Å². The zero-order valence-corrected chi connectivity index (χ0v) is 65.2. The number of ether oxygens (including phenoxy) is 4. The normalized spacial score (nSPS) is 14.1. The number of allylic oxidation sites excluding steroid dienone is 4. The van der Waals surface area contributed by atoms with Crippen molar-refractivity contribution in [1.29, 1.82) is 0 Å². The molecule has 3 N–H and O–H groups in total. The molecule has 0 aliphatic carbocycles. The molecule has 0 aromatic heterocycles. The van der Waals surface area contributed by atoms with Crippen molar-refractivity contribution in [3.63, 3.8) is 0 Å². The quantitative estimate of drug-likeness (QED) is 0.0169. The van der Waals surface area contributed by atoms with E-state index in [1.54, 1.807) is 0 Å². The Balaban J connectivity index is 5.22. The summed E-state index contributed by atoms with van der Waals surface area (Å²) in [5, 5.41) is 10.6. The highest BCUT2D eigenvalue weighted by Crippen LogP contribution is 2.45. The van der Waals surface area contributed by atoms with Crippen molar-refractivity contribution in [1.82, 2.24) is 0 Å². The Morgan fingerprint density at radius 3 is 0.837 bits per heavy atom. The number of hydrogen-bond acceptors (Lipinski definition) is 15. The number of hydrogen-bond donors (Lipinski definition) is 3. The Bertz CT molecular complexity index is 1970. The molecule has 19 heteroatoms. The summed E-state index contributed by atoms with van der Waals surface area (Å²) in [6.07, 6.45) is 64.8. The first-order valence-electron chi connectivity index (χ1n) is 40.5. The minimum atomic E-state index is -4.97. The van der Waals surface area contributed by atoms with Crippen LogP contribution in [-0.4, -0.2) is 96.7 Å². The van der Waals surface area contributed by atoms with E-state index in [0.717, 1.165) is 121 Å². The minimum absolute atomic E-state index is 0.102. The van der Waals surface area contributed by atoms with Crippen LogP contribution in [-0.2, 0) is 65.4 Å². The third kappa shape index (κ3) is 71.9. The van der Waals surface area contributed by atoms with Crippen LogP contribution < -0.4 is 0 Å². The summed E-state index contributed by atoms with van der Waals surface area (Å²) in [5.74, 6) is -1.38. The summed E-state index contributed by atoms with van der Waals surface area (Å²) < 4.78 is 68.5. The van der Waals surface area contributed by atoms with Gasteiger partial charge in [-0.1, -0.05) is 341 Å². The second-order valence-corrected chi connectivity index (χ2v) is 31.2. The smallest absolute Gasteiger partial charge is 0.462 e. The van der Waals surface area contributed by atoms with Crippen LogP contribution in [0.25, 0.3) is 0 Å². The maximum Gasteiger partial charge on any atom is 0.472 e. The first-order chi connectivity index (χ1) is 47.5. The van der Waals surface area contributed by atoms with Crippen molar-refractivity contribution in [2.75, 3.05) is 39.6 Å². The number of carbonyl (C=O) groups is 4. The van der Waals surface area contributed by atoms with Crippen molar-refractivity contribution in [2.45, 2.75) is 412 Å². The van der Waals surface area contributed by atoms with Crippen LogP contribution in [0.15, 0.2) is 24.3 Å². The number of esters is 4. The number of unbranched alkanes of at least 4 members (excludes halogenated alkanes) is 46. The molecule has 0 saturated carbocycles. The average Bonchev–Trinajstić information content (AvgIpc) is 1.12. The molecule has 0 aliphatic rings. The summed E-state index contributed by atoms with van der Waals surface area (Å²) in [6.45, 7) is 7.21. The molecule has 0 aliphatic heterocycles. The molecular formula is C79H150O17P2. The number of aliphatic hydroxyl groups is 1. The van der Waals surface area contributed by atoms with Gasteiger partial charge >= 0.3 is 39.5 Å². The van der Waals surface area contributed by atoms with Crippen LogP contribution in [0.2, 0.25) is 0 Å². The molecule has 0 aromatic carbocycles. The zero-order valence-electron chi connectivity index (χ0n) is 63.4. The lowest BCUT2D eigenvalue weighted by atomic mass is 10.0. The Hall–Kier alpha value is -2.46. The van der Waals surface area contributed by atoms with E-state index in [0.29, 0.717) is 25.7 Å². The van der Waals surface area contributed by atoms with Crippen molar-refractivity contribution in [2.24, 2.45) is 5.92 Å². The molecule has 0 heterocycles. The number of aliphatic hydroxyl groups excluding tert-OH is 1. The van der Waals surface area contributed by atoms with E-state index >= 15 is 0 Å². The van der Waals surface area contributed by atoms with Crippen molar-refractivity contribution >= 4 is 39.5 Å². The van der Waals surface area contributed by atoms with Crippen LogP contribution in [0.5, 0.6) is 0 Å². The Morgan fingerprint density at radius 2 is 0.551 bits per heavy atom. The van der Waals surface area contributed by atoms with Gasteiger partial charge in [-0.25, -0.2) is 9.13 Å². The number of phosphoric acid groups is 2. The van der Waals surface area contributed by atoms with Crippen LogP contribution in [0.1, 0.15) is 394 Å². The lowest BCUT2D eigenvalue weighted by Gasteiger charge is -2.21. The highest BCUT2D eigenvalue weighted by molar-refractivity contribution is 7.47. The summed E-state index contributed by atoms with van der Waals surface area (Å²) in [7, 11) is -9.92. The lowest BCUT2D eigenvalue weighted by Crippen LogP contribution is -2.30. The number of phosphoric ester groups is 2. The van der Waals surface area contributed by atoms with E-state index < -0.39 is 97.5 Å². The second-order valence-electron chi connectivity index (χ2n) is 28.2. The van der Waals surface area contributed by atoms with E-state index in [4.69, 9.17) is 37.0 Å². The van der Waals surface area contributed by atoms with Crippen LogP contribution in [0, 0.1) is 5.92 Å². The molecule has 2 unspecified atom stereocenters. The monoisotopic (exact) mass is 1430 g/mol. The highest BCUT2D eigenvalue weighted by Gasteiger charge is 2.30. The van der Waals surface area contributed by atoms with Gasteiger partial charge in [0.05, 0.1) is 26.4 Å². The average molecular weight is 1430 g/mol. The van der Waals surface area contributed by atoms with Crippen molar-refractivity contribution in [3.05, 3.63) is 24.3 Å². The standard InChI is InChI=1S/C79H150O17P2/c1-6-9-12-15-18-21-23-25-27-28-29-30-31-32-34-36-40-44-49-54-59-64-78(83)96-75(69-90-77(82)63-58-53-48-43-39-35-33-26-24-22-19-16-13-10-7-2)71-94-98(87,88)92-67-73(80)66-91-97(85,86)93-70-74(68-89-76(81)62-57-52-47-20-17-14-11-8-3)95-79(84)65-60-55-50-45-41-37-38-42-46-51-56-61-72(4)5/h22,24,26,33,72-75,80H,6-21,23,25,27-32,34-71H2,1-5H3,(H,85,86)(H,87,88)/b24-22-,33-26-/t73-,74+,75+/m0/s1. The summed E-state index contributed by atoms with van der Waals surface area (Å²) in [5.41, 5.74) is 0. The third-order valence-electron chi connectivity index (χ3n) is 17.9. The molecule has 0 fully saturated rings. The topological polar surface area (TPSA) is 237 Å². The molecule has 0 saturated heterocycles. The molecule has 0 spiro atoms. The second kappa shape index (κ2) is 71.5. The zero-order chi connectivity index (χ0) is 71.9. The van der Waals surface area contributed by atoms with Gasteiger partial charge in [0, 0.05) is 25.7 Å². The van der Waals surface area contributed by atoms with E-state index in [1.807, 2.05) is 0 Å². The lowest BCUT2D eigenvalue weighted by molar-refractivity contribution is -0.161. The molecule has 5 atom stereocenters. The third-order valence-corrected chi connectivity index (χ3v) is 19.8. The fourth-order valence-electron chi connectivity index (χ4n) is 11.7. The highest BCUT2D eigenvalue weighted by atomic mass is 31.2. The van der Waals surface area contributed by atoms with Crippen LogP contribution in [0.4, 0.5) is 0 Å². The Morgan fingerprint density at radius 1 is 0.316 bits per heavy atom. The molecular weight excluding hydrogens is 1280 g/mol. The van der Waals surface area contributed by atoms with Crippen LogP contribution in [0.3, 0.4) is 0 Å². The first-order valence-corrected chi connectivity index (χ1v) is 43.4. The molecule has 0 rings (SSSR count). The fraction of sp³-hybridized carbons (Fsp3) is 0.899.